The van der Waals surface area contributed by atoms with Crippen LogP contribution in [-0.4, -0.2) is 30.4 Å². The molecule has 3 rings (SSSR count). The lowest BCUT2D eigenvalue weighted by molar-refractivity contribution is -0.149. The van der Waals surface area contributed by atoms with Crippen molar-refractivity contribution in [3.05, 3.63) is 95.8 Å². The van der Waals surface area contributed by atoms with Gasteiger partial charge in [0.05, 0.1) is 0 Å². The van der Waals surface area contributed by atoms with Crippen molar-refractivity contribution in [1.29, 1.82) is 0 Å². The number of carboxylic acids is 1. The second kappa shape index (κ2) is 11.3. The van der Waals surface area contributed by atoms with Gasteiger partial charge in [0, 0.05) is 13.0 Å². The first kappa shape index (κ1) is 23.2. The molecule has 5 heteroatoms. The van der Waals surface area contributed by atoms with E-state index in [0.717, 1.165) is 27.8 Å². The molecule has 4 nitrogen and oxygen atoms in total. The molecule has 0 aliphatic heterocycles. The van der Waals surface area contributed by atoms with Gasteiger partial charge in [-0.05, 0) is 72.0 Å². The van der Waals surface area contributed by atoms with Gasteiger partial charge in [-0.3, -0.25) is 0 Å². The van der Waals surface area contributed by atoms with Crippen molar-refractivity contribution in [2.75, 3.05) is 13.2 Å². The Morgan fingerprint density at radius 2 is 1.56 bits per heavy atom. The number of hydrogen-bond donors (Lipinski definition) is 1. The fraction of sp³-hybridized carbons (Fsp3) is 0.222. The summed E-state index contributed by atoms with van der Waals surface area (Å²) in [4.78, 5) is 11.2. The number of halogens is 1. The third-order valence-corrected chi connectivity index (χ3v) is 5.15. The molecular formula is C27H27FO4. The van der Waals surface area contributed by atoms with Crippen LogP contribution < -0.4 is 4.74 Å². The summed E-state index contributed by atoms with van der Waals surface area (Å²) in [6.45, 7) is 4.59. The van der Waals surface area contributed by atoms with Gasteiger partial charge in [0.15, 0.2) is 6.10 Å². The molecule has 0 bridgehead atoms. The second-order valence-corrected chi connectivity index (χ2v) is 7.41. The van der Waals surface area contributed by atoms with Crippen molar-refractivity contribution < 1.29 is 23.8 Å². The Morgan fingerprint density at radius 1 is 0.969 bits per heavy atom. The fourth-order valence-electron chi connectivity index (χ4n) is 3.30. The van der Waals surface area contributed by atoms with Crippen LogP contribution >= 0.6 is 0 Å². The van der Waals surface area contributed by atoms with Crippen LogP contribution in [0.15, 0.2) is 78.9 Å². The lowest BCUT2D eigenvalue weighted by Crippen LogP contribution is -2.26. The Hall–Kier alpha value is -3.44. The Balaban J connectivity index is 1.55. The number of carbonyl (C=O) groups is 1. The van der Waals surface area contributed by atoms with Crippen LogP contribution in [0.1, 0.15) is 25.0 Å². The zero-order valence-electron chi connectivity index (χ0n) is 18.3. The smallest absolute Gasteiger partial charge is 0.333 e. The quantitative estimate of drug-likeness (QED) is 0.425. The molecule has 166 valence electrons. The van der Waals surface area contributed by atoms with Crippen LogP contribution in [0.5, 0.6) is 5.75 Å². The highest BCUT2D eigenvalue weighted by molar-refractivity contribution is 5.72. The van der Waals surface area contributed by atoms with Crippen LogP contribution in [0, 0.1) is 5.82 Å². The van der Waals surface area contributed by atoms with Gasteiger partial charge in [-0.1, -0.05) is 48.5 Å². The first-order valence-electron chi connectivity index (χ1n) is 10.6. The standard InChI is InChI=1S/C27H27FO4/c1-3-31-26(27(29)30)18-20-4-14-25(15-5-20)32-17-16-19(2)21-6-8-22(9-7-21)23-10-12-24(28)13-11-23/h4-16,26H,3,17-18H2,1-2H3,(H,29,30)/b19-16-/t26-/m0/s1. The van der Waals surface area contributed by atoms with Crippen LogP contribution in [-0.2, 0) is 16.0 Å². The summed E-state index contributed by atoms with van der Waals surface area (Å²) in [6, 6.07) is 22.0. The molecule has 1 atom stereocenters. The Labute approximate surface area is 187 Å². The van der Waals surface area contributed by atoms with Crippen LogP contribution in [0.3, 0.4) is 0 Å². The number of rotatable bonds is 10. The lowest BCUT2D eigenvalue weighted by atomic mass is 10.0. The molecular weight excluding hydrogens is 407 g/mol. The molecule has 0 aliphatic carbocycles. The number of benzene rings is 3. The van der Waals surface area contributed by atoms with Crippen molar-refractivity contribution in [1.82, 2.24) is 0 Å². The molecule has 0 amide bonds. The molecule has 0 unspecified atom stereocenters. The van der Waals surface area contributed by atoms with Gasteiger partial charge < -0.3 is 14.6 Å². The number of allylic oxidation sites excluding steroid dienone is 1. The Morgan fingerprint density at radius 3 is 2.12 bits per heavy atom. The SMILES string of the molecule is CCO[C@@H](Cc1ccc(OC/C=C(/C)c2ccc(-c3ccc(F)cc3)cc2)cc1)C(=O)O. The number of ether oxygens (including phenoxy) is 2. The van der Waals surface area contributed by atoms with E-state index in [0.29, 0.717) is 25.4 Å². The zero-order valence-corrected chi connectivity index (χ0v) is 18.3. The second-order valence-electron chi connectivity index (χ2n) is 7.41. The summed E-state index contributed by atoms with van der Waals surface area (Å²) in [7, 11) is 0. The number of aliphatic carboxylic acids is 1. The van der Waals surface area contributed by atoms with E-state index in [1.807, 2.05) is 61.5 Å². The summed E-state index contributed by atoms with van der Waals surface area (Å²) in [6.07, 6.45) is 1.49. The number of carboxylic acid groups (broad SMARTS) is 1. The van der Waals surface area contributed by atoms with Gasteiger partial charge in [-0.15, -0.1) is 0 Å². The van der Waals surface area contributed by atoms with Gasteiger partial charge in [-0.25, -0.2) is 9.18 Å². The first-order valence-corrected chi connectivity index (χ1v) is 10.6. The maximum atomic E-state index is 13.1. The third kappa shape index (κ3) is 6.53. The fourth-order valence-corrected chi connectivity index (χ4v) is 3.30. The molecule has 1 N–H and O–H groups in total. The highest BCUT2D eigenvalue weighted by Gasteiger charge is 2.17. The maximum absolute atomic E-state index is 13.1. The zero-order chi connectivity index (χ0) is 22.9. The van der Waals surface area contributed by atoms with Gasteiger partial charge in [-0.2, -0.15) is 0 Å². The summed E-state index contributed by atoms with van der Waals surface area (Å²) >= 11 is 0. The molecule has 3 aromatic carbocycles. The monoisotopic (exact) mass is 434 g/mol. The topological polar surface area (TPSA) is 55.8 Å². The molecule has 32 heavy (non-hydrogen) atoms. The average molecular weight is 435 g/mol. The summed E-state index contributed by atoms with van der Waals surface area (Å²) in [5.41, 5.74) is 5.07. The molecule has 0 aliphatic rings. The van der Waals surface area contributed by atoms with Gasteiger partial charge in [0.2, 0.25) is 0 Å². The van der Waals surface area contributed by atoms with E-state index in [2.05, 4.69) is 0 Å². The predicted octanol–water partition coefficient (Wildman–Crippen LogP) is 6.01. The van der Waals surface area contributed by atoms with Crippen molar-refractivity contribution in [3.8, 4) is 16.9 Å². The van der Waals surface area contributed by atoms with Gasteiger partial charge >= 0.3 is 5.97 Å². The average Bonchev–Trinajstić information content (AvgIpc) is 2.80. The molecule has 0 fully saturated rings. The van der Waals surface area contributed by atoms with Crippen molar-refractivity contribution in [3.63, 3.8) is 0 Å². The minimum Gasteiger partial charge on any atom is -0.490 e. The van der Waals surface area contributed by atoms with E-state index in [1.165, 1.54) is 12.1 Å². The molecule has 0 saturated heterocycles. The summed E-state index contributed by atoms with van der Waals surface area (Å²) < 4.78 is 24.1. The van der Waals surface area contributed by atoms with Gasteiger partial charge in [0.1, 0.15) is 18.2 Å². The first-order chi connectivity index (χ1) is 15.5. The Kier molecular flexibility index (Phi) is 8.17. The summed E-state index contributed by atoms with van der Waals surface area (Å²) in [5, 5.41) is 9.20. The normalized spacial score (nSPS) is 12.4. The number of hydrogen-bond acceptors (Lipinski definition) is 3. The van der Waals surface area contributed by atoms with E-state index >= 15 is 0 Å². The van der Waals surface area contributed by atoms with Crippen LogP contribution in [0.2, 0.25) is 0 Å². The van der Waals surface area contributed by atoms with E-state index in [-0.39, 0.29) is 5.82 Å². The molecule has 0 spiro atoms. The van der Waals surface area contributed by atoms with Crippen molar-refractivity contribution in [2.45, 2.75) is 26.4 Å². The van der Waals surface area contributed by atoms with E-state index in [9.17, 15) is 14.3 Å². The minimum absolute atomic E-state index is 0.242. The van der Waals surface area contributed by atoms with E-state index < -0.39 is 12.1 Å². The molecule has 0 aromatic heterocycles. The molecule has 0 saturated carbocycles. The highest BCUT2D eigenvalue weighted by atomic mass is 19.1. The molecule has 0 heterocycles. The van der Waals surface area contributed by atoms with Crippen LogP contribution in [0.4, 0.5) is 4.39 Å². The van der Waals surface area contributed by atoms with Gasteiger partial charge in [0.25, 0.3) is 0 Å². The molecule has 3 aromatic rings. The van der Waals surface area contributed by atoms with E-state index in [4.69, 9.17) is 9.47 Å². The molecule has 0 radical (unpaired) electrons. The largest absolute Gasteiger partial charge is 0.490 e. The summed E-state index contributed by atoms with van der Waals surface area (Å²) in [5.74, 6) is -0.486. The minimum atomic E-state index is -0.960. The van der Waals surface area contributed by atoms with Crippen molar-refractivity contribution >= 4 is 11.5 Å². The van der Waals surface area contributed by atoms with Crippen molar-refractivity contribution in [2.24, 2.45) is 0 Å². The third-order valence-electron chi connectivity index (χ3n) is 5.15. The van der Waals surface area contributed by atoms with Crippen LogP contribution in [0.25, 0.3) is 16.7 Å². The highest BCUT2D eigenvalue weighted by Crippen LogP contribution is 2.23. The van der Waals surface area contributed by atoms with E-state index in [1.54, 1.807) is 19.1 Å². The predicted molar refractivity (Wildman–Crippen MR) is 124 cm³/mol. The maximum Gasteiger partial charge on any atom is 0.333 e. The Bertz CT molecular complexity index is 1040. The lowest BCUT2D eigenvalue weighted by Gasteiger charge is -2.12.